The molecule has 182 valence electrons. The van der Waals surface area contributed by atoms with Crippen molar-refractivity contribution in [3.05, 3.63) is 34.9 Å². The fraction of sp³-hybridized carbons (Fsp3) is 0.438. The highest BCUT2D eigenvalue weighted by atomic mass is 32.2. The number of nitrogens with zero attached hydrogens (tertiary/aromatic N) is 10. The molecule has 0 aliphatic heterocycles. The van der Waals surface area contributed by atoms with Crippen LogP contribution in [0.25, 0.3) is 0 Å². The molecule has 1 atom stereocenters. The van der Waals surface area contributed by atoms with Crippen molar-refractivity contribution < 1.29 is 32.6 Å². The van der Waals surface area contributed by atoms with Crippen LogP contribution in [0.15, 0.2) is 12.1 Å². The molecular weight excluding hydrogens is 485 g/mol. The maximum absolute atomic E-state index is 13.4. The van der Waals surface area contributed by atoms with E-state index in [0.717, 1.165) is 27.4 Å². The summed E-state index contributed by atoms with van der Waals surface area (Å²) in [6.45, 7) is 1.24. The minimum absolute atomic E-state index is 0.123. The van der Waals surface area contributed by atoms with Gasteiger partial charge in [0.05, 0.1) is 24.1 Å². The summed E-state index contributed by atoms with van der Waals surface area (Å²) in [5.41, 5.74) is -1.62. The Balaban J connectivity index is 1.97. The molecule has 0 aliphatic carbocycles. The number of rotatable bonds is 8. The van der Waals surface area contributed by atoms with Gasteiger partial charge in [-0.2, -0.15) is 18.0 Å². The first kappa shape index (κ1) is 24.8. The maximum Gasteiger partial charge on any atom is 0.507 e. The predicted molar refractivity (Wildman–Crippen MR) is 107 cm³/mol. The Morgan fingerprint density at radius 3 is 2.50 bits per heavy atom. The van der Waals surface area contributed by atoms with Crippen LogP contribution in [0, 0.1) is 0 Å². The molecule has 34 heavy (non-hydrogen) atoms. The van der Waals surface area contributed by atoms with Crippen molar-refractivity contribution in [2.75, 3.05) is 4.90 Å². The number of hydrogen-bond acceptors (Lipinski definition) is 11. The van der Waals surface area contributed by atoms with E-state index in [1.165, 1.54) is 18.8 Å². The topological polar surface area (TPSA) is 167 Å². The summed E-state index contributed by atoms with van der Waals surface area (Å²) in [5.74, 6) is -0.707. The molecule has 0 saturated heterocycles. The standard InChI is InChI=1S/C16H17F3N10O4S/c1-8(33-15(31)32)29(14-22-24-26-27(14)2)13(30)9-4-5-11(16(17,18)19)20-10(9)6-34-7-12-21-25-28(3)23-12/h4-5,8H,6-7H2,1-3H3,(H,31,32). The zero-order chi connectivity index (χ0) is 25.0. The third-order valence-electron chi connectivity index (χ3n) is 4.18. The summed E-state index contributed by atoms with van der Waals surface area (Å²) in [7, 11) is 2.95. The second kappa shape index (κ2) is 9.98. The largest absolute Gasteiger partial charge is 0.507 e. The molecule has 3 heterocycles. The summed E-state index contributed by atoms with van der Waals surface area (Å²) in [5, 5.41) is 31.1. The lowest BCUT2D eigenvalue weighted by Crippen LogP contribution is -2.43. The summed E-state index contributed by atoms with van der Waals surface area (Å²) >= 11 is 1.11. The molecule has 3 aromatic heterocycles. The van der Waals surface area contributed by atoms with Gasteiger partial charge < -0.3 is 9.84 Å². The Morgan fingerprint density at radius 1 is 1.21 bits per heavy atom. The number of amides is 1. The van der Waals surface area contributed by atoms with Crippen LogP contribution in [0.1, 0.15) is 34.5 Å². The van der Waals surface area contributed by atoms with Crippen LogP contribution in [0.3, 0.4) is 0 Å². The number of alkyl halides is 3. The van der Waals surface area contributed by atoms with Gasteiger partial charge in [-0.1, -0.05) is 5.10 Å². The number of tetrazole rings is 2. The van der Waals surface area contributed by atoms with E-state index >= 15 is 0 Å². The second-order valence-electron chi connectivity index (χ2n) is 6.64. The molecule has 18 heteroatoms. The van der Waals surface area contributed by atoms with Crippen LogP contribution in [-0.2, 0) is 36.5 Å². The SMILES string of the molecule is CC(OC(=O)O)N(C(=O)c1ccc(C(F)(F)F)nc1CSCc1nnn(C)n1)c1nnnn1C. The molecule has 0 saturated carbocycles. The molecule has 0 aromatic carbocycles. The van der Waals surface area contributed by atoms with Gasteiger partial charge in [-0.15, -0.1) is 22.0 Å². The van der Waals surface area contributed by atoms with Gasteiger partial charge >= 0.3 is 12.3 Å². The molecule has 3 aromatic rings. The average molecular weight is 502 g/mol. The van der Waals surface area contributed by atoms with Crippen LogP contribution >= 0.6 is 11.8 Å². The van der Waals surface area contributed by atoms with Crippen molar-refractivity contribution in [3.63, 3.8) is 0 Å². The zero-order valence-corrected chi connectivity index (χ0v) is 18.6. The highest BCUT2D eigenvalue weighted by Crippen LogP contribution is 2.30. The smallest absolute Gasteiger partial charge is 0.450 e. The molecule has 0 spiro atoms. The van der Waals surface area contributed by atoms with Crippen molar-refractivity contribution in [1.82, 2.24) is 45.4 Å². The Bertz CT molecular complexity index is 1180. The number of carboxylic acid groups (broad SMARTS) is 1. The normalized spacial score (nSPS) is 12.4. The number of carbonyl (C=O) groups excluding carboxylic acids is 1. The molecule has 1 amide bonds. The molecular formula is C16H17F3N10O4S. The number of halogens is 3. The summed E-state index contributed by atoms with van der Waals surface area (Å²) in [6.07, 6.45) is -7.85. The van der Waals surface area contributed by atoms with Gasteiger partial charge in [-0.05, 0) is 34.7 Å². The monoisotopic (exact) mass is 502 g/mol. The van der Waals surface area contributed by atoms with E-state index in [-0.39, 0.29) is 28.7 Å². The number of hydrogen-bond donors (Lipinski definition) is 1. The van der Waals surface area contributed by atoms with Gasteiger partial charge in [0.2, 0.25) is 0 Å². The third kappa shape index (κ3) is 5.74. The van der Waals surface area contributed by atoms with Gasteiger partial charge in [0.25, 0.3) is 11.9 Å². The number of thioether (sulfide) groups is 1. The van der Waals surface area contributed by atoms with Crippen molar-refractivity contribution in [3.8, 4) is 0 Å². The minimum Gasteiger partial charge on any atom is -0.450 e. The van der Waals surface area contributed by atoms with E-state index in [1.54, 1.807) is 7.05 Å². The van der Waals surface area contributed by atoms with Crippen LogP contribution in [0.2, 0.25) is 0 Å². The molecule has 0 aliphatic rings. The lowest BCUT2D eigenvalue weighted by Gasteiger charge is -2.26. The van der Waals surface area contributed by atoms with E-state index in [1.807, 2.05) is 0 Å². The molecule has 0 bridgehead atoms. The van der Waals surface area contributed by atoms with Crippen molar-refractivity contribution in [2.45, 2.75) is 30.8 Å². The van der Waals surface area contributed by atoms with Crippen LogP contribution < -0.4 is 4.90 Å². The molecule has 0 fully saturated rings. The van der Waals surface area contributed by atoms with Crippen LogP contribution in [0.4, 0.5) is 23.9 Å². The first-order valence-electron chi connectivity index (χ1n) is 9.30. The fourth-order valence-electron chi connectivity index (χ4n) is 2.76. The van der Waals surface area contributed by atoms with Crippen molar-refractivity contribution in [1.29, 1.82) is 0 Å². The number of ether oxygens (including phenoxy) is 1. The van der Waals surface area contributed by atoms with Crippen molar-refractivity contribution >= 4 is 29.8 Å². The van der Waals surface area contributed by atoms with Crippen LogP contribution in [-0.4, -0.2) is 68.8 Å². The van der Waals surface area contributed by atoms with Gasteiger partial charge in [0.1, 0.15) is 5.69 Å². The molecule has 0 radical (unpaired) electrons. The van der Waals surface area contributed by atoms with E-state index in [2.05, 4.69) is 40.7 Å². The van der Waals surface area contributed by atoms with E-state index in [4.69, 9.17) is 5.11 Å². The van der Waals surface area contributed by atoms with Gasteiger partial charge in [0.15, 0.2) is 12.1 Å². The summed E-state index contributed by atoms with van der Waals surface area (Å²) in [6, 6.07) is 1.61. The van der Waals surface area contributed by atoms with Gasteiger partial charge in [0, 0.05) is 12.8 Å². The number of carbonyl (C=O) groups is 2. The second-order valence-corrected chi connectivity index (χ2v) is 7.62. The number of pyridine rings is 1. The maximum atomic E-state index is 13.4. The lowest BCUT2D eigenvalue weighted by molar-refractivity contribution is -0.141. The van der Waals surface area contributed by atoms with Crippen LogP contribution in [0.5, 0.6) is 0 Å². The van der Waals surface area contributed by atoms with E-state index in [0.29, 0.717) is 11.9 Å². The Morgan fingerprint density at radius 2 is 1.94 bits per heavy atom. The first-order chi connectivity index (χ1) is 16.0. The number of aromatic nitrogens is 9. The average Bonchev–Trinajstić information content (AvgIpc) is 3.35. The van der Waals surface area contributed by atoms with E-state index in [9.17, 15) is 22.8 Å². The fourth-order valence-corrected chi connectivity index (χ4v) is 3.57. The zero-order valence-electron chi connectivity index (χ0n) is 17.8. The molecule has 1 unspecified atom stereocenters. The molecule has 3 rings (SSSR count). The van der Waals surface area contributed by atoms with Crippen molar-refractivity contribution in [2.24, 2.45) is 14.1 Å². The first-order valence-corrected chi connectivity index (χ1v) is 10.5. The molecule has 1 N–H and O–H groups in total. The minimum atomic E-state index is -4.75. The van der Waals surface area contributed by atoms with Gasteiger partial charge in [-0.3, -0.25) is 4.79 Å². The Kier molecular flexibility index (Phi) is 7.28. The third-order valence-corrected chi connectivity index (χ3v) is 5.12. The summed E-state index contributed by atoms with van der Waals surface area (Å²) in [4.78, 5) is 30.1. The van der Waals surface area contributed by atoms with E-state index < -0.39 is 30.2 Å². The highest BCUT2D eigenvalue weighted by Gasteiger charge is 2.36. The predicted octanol–water partition coefficient (Wildman–Crippen LogP) is 1.27. The van der Waals surface area contributed by atoms with Gasteiger partial charge in [-0.25, -0.2) is 19.4 Å². The highest BCUT2D eigenvalue weighted by molar-refractivity contribution is 7.97. The summed E-state index contributed by atoms with van der Waals surface area (Å²) < 4.78 is 45.6. The Hall–Kier alpha value is -3.83. The quantitative estimate of drug-likeness (QED) is 0.346. The lowest BCUT2D eigenvalue weighted by atomic mass is 10.1. The number of anilines is 1. The number of aryl methyl sites for hydroxylation is 2. The molecule has 14 nitrogen and oxygen atoms in total. The Labute approximate surface area is 193 Å².